The summed E-state index contributed by atoms with van der Waals surface area (Å²) in [7, 11) is 0. The number of thiazole rings is 1. The number of ether oxygens (including phenoxy) is 1. The molecule has 10 nitrogen and oxygen atoms in total. The second kappa shape index (κ2) is 9.35. The first-order valence-corrected chi connectivity index (χ1v) is 11.6. The molecular formula is C23H24N5O5S-. The number of carbonyl (C=O) groups excluding carboxylic acids is 2. The molecule has 0 spiro atoms. The lowest BCUT2D eigenvalue weighted by Gasteiger charge is -2.29. The summed E-state index contributed by atoms with van der Waals surface area (Å²) in [5, 5.41) is 16.1. The van der Waals surface area contributed by atoms with E-state index in [2.05, 4.69) is 15.3 Å². The zero-order valence-corrected chi connectivity index (χ0v) is 19.8. The summed E-state index contributed by atoms with van der Waals surface area (Å²) >= 11 is 1.34. The average molecular weight is 483 g/mol. The minimum absolute atomic E-state index is 0.123. The van der Waals surface area contributed by atoms with Gasteiger partial charge in [-0.1, -0.05) is 20.8 Å². The number of rotatable bonds is 5. The SMILES string of the molecule is CC(C)(C)c1csc(NC(=O)c2ccn3c(=O)c(/C=C/C(=O)[O-])c(N4CCOCC4)nc3c2)n1. The van der Waals surface area contributed by atoms with Crippen molar-refractivity contribution < 1.29 is 19.4 Å². The summed E-state index contributed by atoms with van der Waals surface area (Å²) in [6.45, 7) is 8.04. The van der Waals surface area contributed by atoms with Gasteiger partial charge in [0.2, 0.25) is 0 Å². The number of anilines is 2. The number of carbonyl (C=O) groups is 2. The molecular weight excluding hydrogens is 458 g/mol. The monoisotopic (exact) mass is 482 g/mol. The number of nitrogens with one attached hydrogen (secondary N) is 1. The largest absolute Gasteiger partial charge is 0.545 e. The van der Waals surface area contributed by atoms with Crippen LogP contribution in [0, 0.1) is 0 Å². The molecule has 1 saturated heterocycles. The van der Waals surface area contributed by atoms with Crippen molar-refractivity contribution in [3.8, 4) is 0 Å². The maximum atomic E-state index is 13.2. The Bertz CT molecular complexity index is 1330. The fraction of sp³-hybridized carbons (Fsp3) is 0.348. The van der Waals surface area contributed by atoms with Gasteiger partial charge in [-0.25, -0.2) is 9.97 Å². The van der Waals surface area contributed by atoms with Gasteiger partial charge in [-0.05, 0) is 24.3 Å². The molecule has 3 aromatic heterocycles. The molecule has 11 heteroatoms. The van der Waals surface area contributed by atoms with E-state index in [1.54, 1.807) is 0 Å². The van der Waals surface area contributed by atoms with Gasteiger partial charge >= 0.3 is 0 Å². The molecule has 178 valence electrons. The van der Waals surface area contributed by atoms with Crippen molar-refractivity contribution in [1.82, 2.24) is 14.4 Å². The van der Waals surface area contributed by atoms with Crippen LogP contribution >= 0.6 is 11.3 Å². The third-order valence-corrected chi connectivity index (χ3v) is 6.05. The molecule has 4 heterocycles. The summed E-state index contributed by atoms with van der Waals surface area (Å²) < 4.78 is 6.65. The molecule has 0 unspecified atom stereocenters. The summed E-state index contributed by atoms with van der Waals surface area (Å²) in [5.41, 5.74) is 0.993. The molecule has 0 bridgehead atoms. The Morgan fingerprint density at radius 1 is 1.24 bits per heavy atom. The Hall–Kier alpha value is -3.57. The molecule has 3 aromatic rings. The number of amides is 1. The number of morpholine rings is 1. The van der Waals surface area contributed by atoms with Gasteiger partial charge < -0.3 is 19.5 Å². The van der Waals surface area contributed by atoms with Crippen molar-refractivity contribution in [2.75, 3.05) is 36.5 Å². The lowest BCUT2D eigenvalue weighted by molar-refractivity contribution is -0.297. The lowest BCUT2D eigenvalue weighted by Crippen LogP contribution is -2.38. The van der Waals surface area contributed by atoms with Gasteiger partial charge in [0, 0.05) is 35.6 Å². The number of aliphatic carboxylic acids is 1. The van der Waals surface area contributed by atoms with E-state index in [0.29, 0.717) is 42.8 Å². The molecule has 1 amide bonds. The Balaban J connectivity index is 1.71. The van der Waals surface area contributed by atoms with Crippen LogP contribution in [0.5, 0.6) is 0 Å². The van der Waals surface area contributed by atoms with Crippen LogP contribution in [0.2, 0.25) is 0 Å². The van der Waals surface area contributed by atoms with Crippen molar-refractivity contribution in [3.63, 3.8) is 0 Å². The van der Waals surface area contributed by atoms with E-state index in [4.69, 9.17) is 4.74 Å². The lowest BCUT2D eigenvalue weighted by atomic mass is 9.93. The molecule has 1 aliphatic rings. The zero-order valence-electron chi connectivity index (χ0n) is 19.0. The summed E-state index contributed by atoms with van der Waals surface area (Å²) in [6, 6.07) is 3.02. The van der Waals surface area contributed by atoms with E-state index in [-0.39, 0.29) is 22.5 Å². The Labute approximate surface area is 199 Å². The normalized spacial score (nSPS) is 14.6. The van der Waals surface area contributed by atoms with Crippen LogP contribution in [0.25, 0.3) is 11.7 Å². The van der Waals surface area contributed by atoms with Crippen molar-refractivity contribution in [3.05, 3.63) is 57.0 Å². The van der Waals surface area contributed by atoms with Crippen LogP contribution in [-0.2, 0) is 14.9 Å². The van der Waals surface area contributed by atoms with Crippen molar-refractivity contribution in [1.29, 1.82) is 0 Å². The molecule has 1 N–H and O–H groups in total. The van der Waals surface area contributed by atoms with Gasteiger partial charge in [-0.3, -0.25) is 19.3 Å². The van der Waals surface area contributed by atoms with E-state index < -0.39 is 11.5 Å². The van der Waals surface area contributed by atoms with E-state index in [1.165, 1.54) is 40.1 Å². The number of hydrogen-bond donors (Lipinski definition) is 1. The van der Waals surface area contributed by atoms with Crippen LogP contribution < -0.4 is 20.9 Å². The van der Waals surface area contributed by atoms with Gasteiger partial charge in [0.1, 0.15) is 11.5 Å². The van der Waals surface area contributed by atoms with Gasteiger partial charge in [-0.2, -0.15) is 0 Å². The standard InChI is InChI=1S/C23H25N5O5S/c1-23(2,3)16-13-34-22(24-16)26-20(31)14-6-7-28-17(12-14)25-19(27-8-10-33-11-9-27)15(21(28)32)4-5-18(29)30/h4-7,12-13H,8-11H2,1-3H3,(H,29,30)(H,24,26,31)/p-1/b5-4+. The highest BCUT2D eigenvalue weighted by molar-refractivity contribution is 7.14. The molecule has 0 atom stereocenters. The molecule has 1 fully saturated rings. The minimum Gasteiger partial charge on any atom is -0.545 e. The second-order valence-corrected chi connectivity index (χ2v) is 9.65. The maximum absolute atomic E-state index is 13.2. The smallest absolute Gasteiger partial charge is 0.267 e. The number of nitrogens with zero attached hydrogens (tertiary/aromatic N) is 4. The third-order valence-electron chi connectivity index (χ3n) is 5.30. The molecule has 34 heavy (non-hydrogen) atoms. The van der Waals surface area contributed by atoms with E-state index in [1.807, 2.05) is 31.1 Å². The highest BCUT2D eigenvalue weighted by atomic mass is 32.1. The fourth-order valence-electron chi connectivity index (χ4n) is 3.44. The number of hydrogen-bond acceptors (Lipinski definition) is 9. The number of carboxylic acids is 1. The maximum Gasteiger partial charge on any atom is 0.267 e. The summed E-state index contributed by atoms with van der Waals surface area (Å²) in [5.74, 6) is -1.46. The molecule has 1 aliphatic heterocycles. The number of aromatic nitrogens is 3. The summed E-state index contributed by atoms with van der Waals surface area (Å²) in [4.78, 5) is 47.9. The van der Waals surface area contributed by atoms with Crippen molar-refractivity contribution >= 4 is 45.9 Å². The molecule has 0 aromatic carbocycles. The van der Waals surface area contributed by atoms with Gasteiger partial charge in [0.25, 0.3) is 11.5 Å². The molecule has 4 rings (SSSR count). The Kier molecular flexibility index (Phi) is 6.49. The molecule has 0 aliphatic carbocycles. The quantitative estimate of drug-likeness (QED) is 0.539. The first kappa shape index (κ1) is 23.6. The zero-order chi connectivity index (χ0) is 24.5. The number of pyridine rings is 1. The predicted octanol–water partition coefficient (Wildman–Crippen LogP) is 1.30. The number of fused-ring (bicyclic) bond motifs is 1. The highest BCUT2D eigenvalue weighted by Crippen LogP contribution is 2.27. The average Bonchev–Trinajstić information content (AvgIpc) is 3.27. The Morgan fingerprint density at radius 2 is 1.97 bits per heavy atom. The van der Waals surface area contributed by atoms with E-state index in [9.17, 15) is 19.5 Å². The first-order chi connectivity index (χ1) is 16.1. The third kappa shape index (κ3) is 5.00. The first-order valence-electron chi connectivity index (χ1n) is 10.7. The van der Waals surface area contributed by atoms with Crippen LogP contribution in [0.3, 0.4) is 0 Å². The Morgan fingerprint density at radius 3 is 2.62 bits per heavy atom. The summed E-state index contributed by atoms with van der Waals surface area (Å²) in [6.07, 6.45) is 3.44. The number of carboxylic acid groups (broad SMARTS) is 1. The van der Waals surface area contributed by atoms with E-state index in [0.717, 1.165) is 11.8 Å². The molecule has 0 saturated carbocycles. The highest BCUT2D eigenvalue weighted by Gasteiger charge is 2.21. The van der Waals surface area contributed by atoms with Gasteiger partial charge in [0.15, 0.2) is 5.13 Å². The van der Waals surface area contributed by atoms with Crippen LogP contribution in [-0.4, -0.2) is 52.5 Å². The van der Waals surface area contributed by atoms with Crippen LogP contribution in [0.1, 0.15) is 42.4 Å². The van der Waals surface area contributed by atoms with Crippen LogP contribution in [0.15, 0.2) is 34.6 Å². The topological polar surface area (TPSA) is 129 Å². The fourth-order valence-corrected chi connectivity index (χ4v) is 4.37. The predicted molar refractivity (Wildman–Crippen MR) is 127 cm³/mol. The van der Waals surface area contributed by atoms with Gasteiger partial charge in [0.05, 0.1) is 30.4 Å². The van der Waals surface area contributed by atoms with Crippen molar-refractivity contribution in [2.24, 2.45) is 0 Å². The van der Waals surface area contributed by atoms with Gasteiger partial charge in [-0.15, -0.1) is 11.3 Å². The molecule has 0 radical (unpaired) electrons. The van der Waals surface area contributed by atoms with E-state index >= 15 is 0 Å². The second-order valence-electron chi connectivity index (χ2n) is 8.79. The van der Waals surface area contributed by atoms with Crippen LogP contribution in [0.4, 0.5) is 10.9 Å². The van der Waals surface area contributed by atoms with Crippen molar-refractivity contribution in [2.45, 2.75) is 26.2 Å². The minimum atomic E-state index is -1.42.